The summed E-state index contributed by atoms with van der Waals surface area (Å²) in [4.78, 5) is 59.2. The van der Waals surface area contributed by atoms with Gasteiger partial charge >= 0.3 is 0 Å². The van der Waals surface area contributed by atoms with Crippen LogP contribution >= 0.6 is 0 Å². The first-order valence-corrected chi connectivity index (χ1v) is 19.7. The number of nitrogens with zero attached hydrogens (tertiary/aromatic N) is 2. The molecule has 53 heavy (non-hydrogen) atoms. The van der Waals surface area contributed by atoms with Crippen LogP contribution in [0.5, 0.6) is 0 Å². The van der Waals surface area contributed by atoms with Crippen LogP contribution in [0.4, 0.5) is 0 Å². The summed E-state index contributed by atoms with van der Waals surface area (Å²) in [5.74, 6) is -2.62. The van der Waals surface area contributed by atoms with Gasteiger partial charge in [-0.1, -0.05) is 85.2 Å². The van der Waals surface area contributed by atoms with Gasteiger partial charge in [-0.2, -0.15) is 0 Å². The summed E-state index contributed by atoms with van der Waals surface area (Å²) in [6, 6.07) is 8.52. The lowest BCUT2D eigenvalue weighted by Gasteiger charge is -2.41. The van der Waals surface area contributed by atoms with Gasteiger partial charge in [-0.05, 0) is 56.0 Å². The zero-order chi connectivity index (χ0) is 40.2. The number of ketones is 2. The second-order valence-electron chi connectivity index (χ2n) is 16.1. The molecule has 1 saturated heterocycles. The summed E-state index contributed by atoms with van der Waals surface area (Å²) in [7, 11) is 6.57. The number of carbonyl (C=O) groups excluding carboxylic acids is 4. The number of benzene rings is 1. The van der Waals surface area contributed by atoms with E-state index in [1.165, 1.54) is 0 Å². The Bertz CT molecular complexity index is 1310. The van der Waals surface area contributed by atoms with Crippen molar-refractivity contribution in [3.63, 3.8) is 0 Å². The van der Waals surface area contributed by atoms with E-state index >= 15 is 0 Å². The van der Waals surface area contributed by atoms with Crippen LogP contribution in [0.15, 0.2) is 30.3 Å². The first-order valence-electron chi connectivity index (χ1n) is 19.7. The zero-order valence-electron chi connectivity index (χ0n) is 34.6. The highest BCUT2D eigenvalue weighted by Crippen LogP contribution is 2.33. The molecule has 0 radical (unpaired) electrons. The minimum Gasteiger partial charge on any atom is -0.396 e. The van der Waals surface area contributed by atoms with Gasteiger partial charge in [0.25, 0.3) is 0 Å². The molecule has 11 atom stereocenters. The number of amides is 2. The second-order valence-corrected chi connectivity index (χ2v) is 16.1. The zero-order valence-corrected chi connectivity index (χ0v) is 34.6. The van der Waals surface area contributed by atoms with Crippen molar-refractivity contribution in [1.82, 2.24) is 15.1 Å². The SMILES string of the molecule is CC[C@H](C)[C@@H]([C@@H](CC(=O)N1CCC[C@H]1[C@H](OC)[C@@H](C)C(=O)C[C@H](C)[C@@H](O)c1ccccc1)OC)N(C)C(=O)[C@@H](CC(=O)C(C)(NC)C(C)C)C(C)CO. The molecule has 1 aromatic carbocycles. The highest BCUT2D eigenvalue weighted by Gasteiger charge is 2.44. The second kappa shape index (κ2) is 21.4. The number of Topliss-reactive ketones (excluding diaryl/α,β-unsaturated/α-hetero) is 2. The van der Waals surface area contributed by atoms with Crippen LogP contribution in [0.2, 0.25) is 0 Å². The normalized spacial score (nSPS) is 21.1. The molecule has 0 saturated carbocycles. The Hall–Kier alpha value is -2.70. The molecule has 2 rings (SSSR count). The van der Waals surface area contributed by atoms with Crippen molar-refractivity contribution in [3.8, 4) is 0 Å². The maximum Gasteiger partial charge on any atom is 0.226 e. The molecule has 2 unspecified atom stereocenters. The van der Waals surface area contributed by atoms with Crippen LogP contribution < -0.4 is 5.32 Å². The third-order valence-electron chi connectivity index (χ3n) is 12.5. The van der Waals surface area contributed by atoms with Gasteiger partial charge in [0.15, 0.2) is 5.78 Å². The summed E-state index contributed by atoms with van der Waals surface area (Å²) in [6.07, 6.45) is 0.382. The van der Waals surface area contributed by atoms with Crippen LogP contribution in [-0.2, 0) is 28.7 Å². The Balaban J connectivity index is 2.29. The number of hydrogen-bond acceptors (Lipinski definition) is 9. The van der Waals surface area contributed by atoms with Crippen LogP contribution in [0.1, 0.15) is 106 Å². The minimum absolute atomic E-state index is 0.0148. The predicted molar refractivity (Wildman–Crippen MR) is 208 cm³/mol. The molecule has 1 aromatic rings. The van der Waals surface area contributed by atoms with Gasteiger partial charge in [-0.15, -0.1) is 0 Å². The molecule has 11 nitrogen and oxygen atoms in total. The number of likely N-dealkylation sites (N-methyl/N-ethyl adjacent to an activating group) is 2. The third kappa shape index (κ3) is 11.4. The lowest BCUT2D eigenvalue weighted by Crippen LogP contribution is -2.56. The molecule has 0 spiro atoms. The van der Waals surface area contributed by atoms with Gasteiger partial charge in [0.2, 0.25) is 11.8 Å². The summed E-state index contributed by atoms with van der Waals surface area (Å²) in [5, 5.41) is 24.2. The van der Waals surface area contributed by atoms with Crippen LogP contribution in [0.3, 0.4) is 0 Å². The number of hydrogen-bond donors (Lipinski definition) is 3. The monoisotopic (exact) mass is 746 g/mol. The molecule has 0 aliphatic carbocycles. The van der Waals surface area contributed by atoms with E-state index in [1.807, 2.05) is 83.7 Å². The average molecular weight is 746 g/mol. The lowest BCUT2D eigenvalue weighted by molar-refractivity contribution is -0.150. The van der Waals surface area contributed by atoms with Crippen LogP contribution in [-0.4, -0.2) is 115 Å². The Morgan fingerprint density at radius 1 is 0.962 bits per heavy atom. The number of likely N-dealkylation sites (tertiary alicyclic amines) is 1. The maximum atomic E-state index is 14.3. The lowest BCUT2D eigenvalue weighted by atomic mass is 9.77. The summed E-state index contributed by atoms with van der Waals surface area (Å²) in [6.45, 7) is 15.6. The Morgan fingerprint density at radius 3 is 2.09 bits per heavy atom. The number of aliphatic hydroxyl groups is 2. The van der Waals surface area contributed by atoms with Gasteiger partial charge in [0.1, 0.15) is 5.78 Å². The Kier molecular flexibility index (Phi) is 18.8. The highest BCUT2D eigenvalue weighted by atomic mass is 16.5. The van der Waals surface area contributed by atoms with Crippen molar-refractivity contribution in [2.24, 2.45) is 35.5 Å². The van der Waals surface area contributed by atoms with Crippen molar-refractivity contribution in [1.29, 1.82) is 0 Å². The van der Waals surface area contributed by atoms with Crippen molar-refractivity contribution < 1.29 is 38.9 Å². The first-order chi connectivity index (χ1) is 24.9. The van der Waals surface area contributed by atoms with Gasteiger partial charge in [0.05, 0.1) is 42.4 Å². The summed E-state index contributed by atoms with van der Waals surface area (Å²) in [5.41, 5.74) is -0.0677. The molecule has 2 amide bonds. The van der Waals surface area contributed by atoms with Crippen molar-refractivity contribution in [2.45, 2.75) is 130 Å². The van der Waals surface area contributed by atoms with E-state index < -0.39 is 47.6 Å². The van der Waals surface area contributed by atoms with E-state index in [-0.39, 0.29) is 73.0 Å². The molecule has 1 aliphatic rings. The van der Waals surface area contributed by atoms with E-state index in [1.54, 1.807) is 40.1 Å². The van der Waals surface area contributed by atoms with Crippen molar-refractivity contribution in [3.05, 3.63) is 35.9 Å². The van der Waals surface area contributed by atoms with Crippen molar-refractivity contribution in [2.75, 3.05) is 41.5 Å². The quantitative estimate of drug-likeness (QED) is 0.140. The molecular weight excluding hydrogens is 674 g/mol. The van der Waals surface area contributed by atoms with E-state index in [4.69, 9.17) is 9.47 Å². The number of ether oxygens (including phenoxy) is 2. The number of methoxy groups -OCH3 is 2. The number of aliphatic hydroxyl groups excluding tert-OH is 2. The maximum absolute atomic E-state index is 14.3. The predicted octanol–water partition coefficient (Wildman–Crippen LogP) is 5.07. The minimum atomic E-state index is -0.833. The number of nitrogens with one attached hydrogen (secondary N) is 1. The van der Waals surface area contributed by atoms with Gasteiger partial charge < -0.3 is 34.8 Å². The largest absolute Gasteiger partial charge is 0.396 e. The molecule has 3 N–H and O–H groups in total. The van der Waals surface area contributed by atoms with E-state index in [9.17, 15) is 29.4 Å². The smallest absolute Gasteiger partial charge is 0.226 e. The van der Waals surface area contributed by atoms with E-state index in [0.29, 0.717) is 13.0 Å². The fourth-order valence-electron chi connectivity index (χ4n) is 8.02. The molecule has 0 aromatic heterocycles. The fourth-order valence-corrected chi connectivity index (χ4v) is 8.02. The van der Waals surface area contributed by atoms with Gasteiger partial charge in [-0.25, -0.2) is 0 Å². The summed E-state index contributed by atoms with van der Waals surface area (Å²) < 4.78 is 12.0. The molecule has 11 heteroatoms. The first kappa shape index (κ1) is 46.5. The van der Waals surface area contributed by atoms with Gasteiger partial charge in [-0.3, -0.25) is 19.2 Å². The summed E-state index contributed by atoms with van der Waals surface area (Å²) >= 11 is 0. The molecule has 1 fully saturated rings. The highest BCUT2D eigenvalue weighted by molar-refractivity contribution is 5.93. The molecular formula is C42H71N3O8. The molecule has 0 bridgehead atoms. The molecule has 1 aliphatic heterocycles. The fraction of sp³-hybridized carbons (Fsp3) is 0.762. The van der Waals surface area contributed by atoms with Gasteiger partial charge in [0, 0.05) is 59.1 Å². The topological polar surface area (TPSA) is 146 Å². The van der Waals surface area contributed by atoms with E-state index in [2.05, 4.69) is 5.32 Å². The van der Waals surface area contributed by atoms with E-state index in [0.717, 1.165) is 18.4 Å². The number of carbonyl (C=O) groups is 4. The van der Waals surface area contributed by atoms with Crippen LogP contribution in [0, 0.1) is 35.5 Å². The Labute approximate surface area is 319 Å². The number of rotatable bonds is 23. The van der Waals surface area contributed by atoms with Crippen molar-refractivity contribution >= 4 is 23.4 Å². The molecule has 1 heterocycles. The standard InChI is InChI=1S/C42H71N3O8/c1-13-27(4)38(44(10)41(51)32(29(6)25-46)23-36(48)42(8,43-9)26(2)3)35(52-11)24-37(49)45-21-17-20-33(45)40(53-12)30(7)34(47)22-28(5)39(50)31-18-15-14-16-19-31/h14-16,18-19,26-30,32-33,35,38-40,43,46,50H,13,17,20-25H2,1-12H3/t27-,28-,29?,30-,32-,33-,35+,38-,39+,40+,42?/m0/s1. The van der Waals surface area contributed by atoms with Crippen LogP contribution in [0.25, 0.3) is 0 Å². The Morgan fingerprint density at radius 2 is 1.58 bits per heavy atom. The molecule has 302 valence electrons. The average Bonchev–Trinajstić information content (AvgIpc) is 3.65. The third-order valence-corrected chi connectivity index (χ3v) is 12.5.